The number of aromatic nitrogens is 4. The van der Waals surface area contributed by atoms with Gasteiger partial charge in [-0.15, -0.1) is 0 Å². The SMILES string of the molecule is COc1ccc(-n2nc3c(=O)[nH]nc(N)c3c2-c2ccccc2)cc1. The zero-order valence-corrected chi connectivity index (χ0v) is 13.4. The second-order valence-electron chi connectivity index (χ2n) is 5.49. The molecule has 0 saturated heterocycles. The quantitative estimate of drug-likeness (QED) is 0.600. The fourth-order valence-corrected chi connectivity index (χ4v) is 2.81. The summed E-state index contributed by atoms with van der Waals surface area (Å²) in [6.07, 6.45) is 0. The molecule has 4 rings (SSSR count). The number of nitrogens with two attached hydrogens (primary N) is 1. The van der Waals surface area contributed by atoms with Crippen LogP contribution in [0.3, 0.4) is 0 Å². The van der Waals surface area contributed by atoms with Crippen molar-refractivity contribution in [2.45, 2.75) is 0 Å². The van der Waals surface area contributed by atoms with Gasteiger partial charge in [-0.1, -0.05) is 30.3 Å². The van der Waals surface area contributed by atoms with Crippen molar-refractivity contribution in [3.05, 3.63) is 65.0 Å². The maximum atomic E-state index is 12.2. The molecule has 2 heterocycles. The van der Waals surface area contributed by atoms with Crippen LogP contribution >= 0.6 is 0 Å². The summed E-state index contributed by atoms with van der Waals surface area (Å²) >= 11 is 0. The molecule has 4 aromatic rings. The van der Waals surface area contributed by atoms with Gasteiger partial charge in [-0.25, -0.2) is 9.78 Å². The van der Waals surface area contributed by atoms with E-state index in [1.54, 1.807) is 11.8 Å². The number of nitrogens with zero attached hydrogens (tertiary/aromatic N) is 3. The molecule has 7 heteroatoms. The third-order valence-corrected chi connectivity index (χ3v) is 4.00. The lowest BCUT2D eigenvalue weighted by molar-refractivity contribution is 0.414. The van der Waals surface area contributed by atoms with Crippen LogP contribution in [-0.4, -0.2) is 27.1 Å². The Morgan fingerprint density at radius 1 is 1.08 bits per heavy atom. The van der Waals surface area contributed by atoms with Crippen molar-refractivity contribution in [2.24, 2.45) is 0 Å². The summed E-state index contributed by atoms with van der Waals surface area (Å²) in [6.45, 7) is 0. The monoisotopic (exact) mass is 333 g/mol. The first-order chi connectivity index (χ1) is 12.2. The van der Waals surface area contributed by atoms with Crippen LogP contribution < -0.4 is 16.0 Å². The smallest absolute Gasteiger partial charge is 0.292 e. The first-order valence-corrected chi connectivity index (χ1v) is 7.66. The highest BCUT2D eigenvalue weighted by molar-refractivity contribution is 6.00. The van der Waals surface area contributed by atoms with Crippen molar-refractivity contribution in [3.8, 4) is 22.7 Å². The molecule has 0 atom stereocenters. The Hall–Kier alpha value is -3.61. The summed E-state index contributed by atoms with van der Waals surface area (Å²) in [5.74, 6) is 0.967. The molecular weight excluding hydrogens is 318 g/mol. The summed E-state index contributed by atoms with van der Waals surface area (Å²) in [6, 6.07) is 17.1. The van der Waals surface area contributed by atoms with Gasteiger partial charge in [0, 0.05) is 5.56 Å². The predicted molar refractivity (Wildman–Crippen MR) is 95.9 cm³/mol. The van der Waals surface area contributed by atoms with Gasteiger partial charge >= 0.3 is 0 Å². The van der Waals surface area contributed by atoms with E-state index < -0.39 is 0 Å². The molecule has 0 aliphatic heterocycles. The number of ether oxygens (including phenoxy) is 1. The first-order valence-electron chi connectivity index (χ1n) is 7.66. The Labute approximate surface area is 142 Å². The summed E-state index contributed by atoms with van der Waals surface area (Å²) in [5.41, 5.74) is 8.31. The fourth-order valence-electron chi connectivity index (χ4n) is 2.81. The highest BCUT2D eigenvalue weighted by Gasteiger charge is 2.20. The number of H-pyrrole nitrogens is 1. The Morgan fingerprint density at radius 3 is 2.48 bits per heavy atom. The van der Waals surface area contributed by atoms with E-state index in [0.717, 1.165) is 22.7 Å². The van der Waals surface area contributed by atoms with Gasteiger partial charge in [0.1, 0.15) is 5.75 Å². The Balaban J connectivity index is 2.08. The highest BCUT2D eigenvalue weighted by atomic mass is 16.5. The Bertz CT molecular complexity index is 1100. The minimum absolute atomic E-state index is 0.230. The highest BCUT2D eigenvalue weighted by Crippen LogP contribution is 2.32. The van der Waals surface area contributed by atoms with Crippen LogP contribution in [-0.2, 0) is 0 Å². The third-order valence-electron chi connectivity index (χ3n) is 4.00. The van der Waals surface area contributed by atoms with Crippen LogP contribution in [0.1, 0.15) is 0 Å². The molecule has 0 fully saturated rings. The van der Waals surface area contributed by atoms with Crippen molar-refractivity contribution in [1.82, 2.24) is 20.0 Å². The summed E-state index contributed by atoms with van der Waals surface area (Å²) in [4.78, 5) is 12.2. The number of hydrogen-bond donors (Lipinski definition) is 2. The number of nitrogens with one attached hydrogen (secondary N) is 1. The molecule has 0 radical (unpaired) electrons. The predicted octanol–water partition coefficient (Wildman–Crippen LogP) is 2.37. The second-order valence-corrected chi connectivity index (χ2v) is 5.49. The molecule has 0 saturated carbocycles. The molecule has 7 nitrogen and oxygen atoms in total. The first kappa shape index (κ1) is 14.9. The molecule has 2 aromatic carbocycles. The molecule has 0 unspecified atom stereocenters. The van der Waals surface area contributed by atoms with Gasteiger partial charge in [0.25, 0.3) is 5.56 Å². The molecule has 124 valence electrons. The van der Waals surface area contributed by atoms with E-state index in [0.29, 0.717) is 5.39 Å². The molecule has 0 amide bonds. The lowest BCUT2D eigenvalue weighted by Crippen LogP contribution is -2.10. The average Bonchev–Trinajstić information content (AvgIpc) is 3.07. The van der Waals surface area contributed by atoms with Gasteiger partial charge in [-0.3, -0.25) is 4.79 Å². The van der Waals surface area contributed by atoms with Crippen LogP contribution in [0.15, 0.2) is 59.4 Å². The lowest BCUT2D eigenvalue weighted by atomic mass is 10.1. The molecule has 2 aromatic heterocycles. The van der Waals surface area contributed by atoms with Gasteiger partial charge in [0.2, 0.25) is 0 Å². The normalized spacial score (nSPS) is 10.9. The van der Waals surface area contributed by atoms with E-state index in [-0.39, 0.29) is 16.9 Å². The van der Waals surface area contributed by atoms with Gasteiger partial charge in [-0.2, -0.15) is 10.2 Å². The van der Waals surface area contributed by atoms with Crippen LogP contribution in [0.4, 0.5) is 5.82 Å². The maximum absolute atomic E-state index is 12.2. The molecule has 3 N–H and O–H groups in total. The van der Waals surface area contributed by atoms with Crippen LogP contribution in [0.5, 0.6) is 5.75 Å². The van der Waals surface area contributed by atoms with E-state index in [9.17, 15) is 4.79 Å². The summed E-state index contributed by atoms with van der Waals surface area (Å²) in [5, 5.41) is 11.3. The number of aromatic amines is 1. The van der Waals surface area contributed by atoms with Crippen molar-refractivity contribution in [2.75, 3.05) is 12.8 Å². The van der Waals surface area contributed by atoms with Gasteiger partial charge < -0.3 is 10.5 Å². The number of rotatable bonds is 3. The standard InChI is InChI=1S/C18H15N5O2/c1-25-13-9-7-12(8-10-13)23-16(11-5-3-2-4-6-11)14-15(22-23)18(24)21-20-17(14)19/h2-10H,1H3,(H2,19,20)(H,21,24). The molecular formula is C18H15N5O2. The zero-order valence-electron chi connectivity index (χ0n) is 13.4. The Kier molecular flexibility index (Phi) is 3.46. The number of fused-ring (bicyclic) bond motifs is 1. The van der Waals surface area contributed by atoms with E-state index in [1.807, 2.05) is 54.6 Å². The van der Waals surface area contributed by atoms with Gasteiger partial charge in [0.15, 0.2) is 11.3 Å². The van der Waals surface area contributed by atoms with Crippen LogP contribution in [0.2, 0.25) is 0 Å². The van der Waals surface area contributed by atoms with E-state index in [1.165, 1.54) is 0 Å². The van der Waals surface area contributed by atoms with E-state index >= 15 is 0 Å². The van der Waals surface area contributed by atoms with E-state index in [4.69, 9.17) is 10.5 Å². The minimum atomic E-state index is -0.381. The molecule has 0 bridgehead atoms. The van der Waals surface area contributed by atoms with Crippen molar-refractivity contribution >= 4 is 16.7 Å². The largest absolute Gasteiger partial charge is 0.497 e. The van der Waals surface area contributed by atoms with Crippen molar-refractivity contribution in [1.29, 1.82) is 0 Å². The van der Waals surface area contributed by atoms with E-state index in [2.05, 4.69) is 15.3 Å². The zero-order chi connectivity index (χ0) is 17.4. The Morgan fingerprint density at radius 2 is 1.80 bits per heavy atom. The maximum Gasteiger partial charge on any atom is 0.292 e. The van der Waals surface area contributed by atoms with Gasteiger partial charge in [-0.05, 0) is 24.3 Å². The van der Waals surface area contributed by atoms with Gasteiger partial charge in [0.05, 0.1) is 23.9 Å². The van der Waals surface area contributed by atoms with Crippen molar-refractivity contribution < 1.29 is 4.74 Å². The summed E-state index contributed by atoms with van der Waals surface area (Å²) in [7, 11) is 1.61. The second kappa shape index (κ2) is 5.79. The molecule has 25 heavy (non-hydrogen) atoms. The molecule has 0 aliphatic rings. The number of benzene rings is 2. The summed E-state index contributed by atoms with van der Waals surface area (Å²) < 4.78 is 6.90. The molecule has 0 spiro atoms. The fraction of sp³-hybridized carbons (Fsp3) is 0.0556. The number of anilines is 1. The number of nitrogen functional groups attached to an aromatic ring is 1. The van der Waals surface area contributed by atoms with Crippen molar-refractivity contribution in [3.63, 3.8) is 0 Å². The lowest BCUT2D eigenvalue weighted by Gasteiger charge is -2.09. The topological polar surface area (TPSA) is 98.8 Å². The number of methoxy groups -OCH3 is 1. The number of hydrogen-bond acceptors (Lipinski definition) is 5. The van der Waals surface area contributed by atoms with Crippen LogP contribution in [0.25, 0.3) is 27.8 Å². The third kappa shape index (κ3) is 2.42. The van der Waals surface area contributed by atoms with Crippen LogP contribution in [0, 0.1) is 0 Å². The minimum Gasteiger partial charge on any atom is -0.497 e. The average molecular weight is 333 g/mol. The molecule has 0 aliphatic carbocycles.